The molecule has 1 atom stereocenters. The van der Waals surface area contributed by atoms with Crippen LogP contribution in [0.1, 0.15) is 124 Å². The van der Waals surface area contributed by atoms with Crippen molar-refractivity contribution >= 4 is 26.2 Å². The first-order valence-electron chi connectivity index (χ1n) is 9.85. The lowest BCUT2D eigenvalue weighted by Gasteiger charge is -2.17. The molecule has 1 unspecified atom stereocenters. The fourth-order valence-corrected chi connectivity index (χ4v) is 3.16. The van der Waals surface area contributed by atoms with Gasteiger partial charge in [-0.1, -0.05) is 117 Å². The predicted octanol–water partition coefficient (Wildman–Crippen LogP) is 8.48. The molecule has 0 saturated carbocycles. The summed E-state index contributed by atoms with van der Waals surface area (Å²) in [5, 5.41) is 0.455. The smallest absolute Gasteiger partial charge is 0.0207 e. The van der Waals surface area contributed by atoms with Crippen LogP contribution in [0.4, 0.5) is 0 Å². The molecule has 136 valence electrons. The van der Waals surface area contributed by atoms with Crippen LogP contribution in [0.5, 0.6) is 0 Å². The van der Waals surface area contributed by atoms with Crippen molar-refractivity contribution in [1.82, 2.24) is 0 Å². The van der Waals surface area contributed by atoms with Crippen molar-refractivity contribution in [2.45, 2.75) is 129 Å². The molecule has 0 nitrogen and oxygen atoms in total. The molecule has 22 heavy (non-hydrogen) atoms. The second-order valence-electron chi connectivity index (χ2n) is 7.69. The Morgan fingerprint density at radius 2 is 0.818 bits per heavy atom. The van der Waals surface area contributed by atoms with E-state index in [2.05, 4.69) is 30.0 Å². The summed E-state index contributed by atoms with van der Waals surface area (Å²) in [6, 6.07) is 0. The summed E-state index contributed by atoms with van der Waals surface area (Å²) in [5.41, 5.74) is 0. The fourth-order valence-electron chi connectivity index (χ4n) is 2.95. The Bertz CT molecular complexity index is 198. The molecular formula is C20H44BrP. The Kier molecular flexibility index (Phi) is 20.9. The molecule has 0 bridgehead atoms. The number of rotatable bonds is 16. The van der Waals surface area contributed by atoms with Crippen molar-refractivity contribution in [3.8, 4) is 0 Å². The van der Waals surface area contributed by atoms with E-state index in [9.17, 15) is 0 Å². The quantitative estimate of drug-likeness (QED) is 0.182. The molecule has 2 heteroatoms. The highest BCUT2D eigenvalue weighted by molar-refractivity contribution is 8.93. The molecule has 0 heterocycles. The Labute approximate surface area is 155 Å². The van der Waals surface area contributed by atoms with Crippen molar-refractivity contribution in [3.63, 3.8) is 0 Å². The monoisotopic (exact) mass is 394 g/mol. The van der Waals surface area contributed by atoms with Gasteiger partial charge in [0.05, 0.1) is 0 Å². The van der Waals surface area contributed by atoms with Gasteiger partial charge in [-0.2, -0.15) is 0 Å². The first kappa shape index (κ1) is 25.2. The SMILES string of the molecule is Br.CCCCCCCCCCCCCCCCCC(C)(C)P. The molecule has 0 aromatic heterocycles. The fraction of sp³-hybridized carbons (Fsp3) is 1.00. The van der Waals surface area contributed by atoms with E-state index in [1.54, 1.807) is 0 Å². The van der Waals surface area contributed by atoms with Crippen molar-refractivity contribution in [1.29, 1.82) is 0 Å². The molecule has 0 aliphatic heterocycles. The van der Waals surface area contributed by atoms with Crippen LogP contribution in [0, 0.1) is 0 Å². The topological polar surface area (TPSA) is 0 Å². The van der Waals surface area contributed by atoms with Gasteiger partial charge in [0.25, 0.3) is 0 Å². The minimum atomic E-state index is 0. The second-order valence-corrected chi connectivity index (χ2v) is 9.25. The predicted molar refractivity (Wildman–Crippen MR) is 114 cm³/mol. The average Bonchev–Trinajstić information content (AvgIpc) is 2.42. The summed E-state index contributed by atoms with van der Waals surface area (Å²) in [5.74, 6) is 0. The summed E-state index contributed by atoms with van der Waals surface area (Å²) in [4.78, 5) is 0. The molecule has 0 aromatic carbocycles. The molecular weight excluding hydrogens is 351 g/mol. The minimum Gasteiger partial charge on any atom is -0.132 e. The van der Waals surface area contributed by atoms with Crippen LogP contribution in [-0.2, 0) is 0 Å². The van der Waals surface area contributed by atoms with Crippen LogP contribution in [-0.4, -0.2) is 5.16 Å². The van der Waals surface area contributed by atoms with E-state index in [1.807, 2.05) is 0 Å². The molecule has 0 N–H and O–H groups in total. The highest BCUT2D eigenvalue weighted by Gasteiger charge is 2.08. The van der Waals surface area contributed by atoms with E-state index in [-0.39, 0.29) is 17.0 Å². The normalized spacial score (nSPS) is 11.5. The lowest BCUT2D eigenvalue weighted by Crippen LogP contribution is -2.07. The largest absolute Gasteiger partial charge is 0.132 e. The van der Waals surface area contributed by atoms with Crippen LogP contribution in [0.3, 0.4) is 0 Å². The van der Waals surface area contributed by atoms with Gasteiger partial charge in [0.2, 0.25) is 0 Å². The van der Waals surface area contributed by atoms with Crippen molar-refractivity contribution in [3.05, 3.63) is 0 Å². The zero-order valence-electron chi connectivity index (χ0n) is 15.8. The van der Waals surface area contributed by atoms with E-state index in [4.69, 9.17) is 0 Å². The standard InChI is InChI=1S/C20H43P.BrH/c1-4-5-6-7-8-9-10-11-12-13-14-15-16-17-18-19-20(2,3)21;/h4-19,21H2,1-3H3;1H. The Balaban J connectivity index is 0. The lowest BCUT2D eigenvalue weighted by molar-refractivity contribution is 0.517. The molecule has 0 radical (unpaired) electrons. The van der Waals surface area contributed by atoms with Gasteiger partial charge in [-0.25, -0.2) is 0 Å². The Morgan fingerprint density at radius 1 is 0.545 bits per heavy atom. The van der Waals surface area contributed by atoms with Gasteiger partial charge in [-0.05, 0) is 11.6 Å². The maximum absolute atomic E-state index is 2.96. The third-order valence-corrected chi connectivity index (χ3v) is 4.71. The van der Waals surface area contributed by atoms with Crippen molar-refractivity contribution in [2.24, 2.45) is 0 Å². The van der Waals surface area contributed by atoms with Crippen molar-refractivity contribution < 1.29 is 0 Å². The molecule has 0 amide bonds. The Hall–Kier alpha value is 0.910. The number of halogens is 1. The van der Waals surface area contributed by atoms with Crippen LogP contribution in [0.2, 0.25) is 0 Å². The third kappa shape index (κ3) is 23.2. The summed E-state index contributed by atoms with van der Waals surface area (Å²) < 4.78 is 0. The van der Waals surface area contributed by atoms with Crippen LogP contribution in [0.25, 0.3) is 0 Å². The summed E-state index contributed by atoms with van der Waals surface area (Å²) >= 11 is 0. The minimum absolute atomic E-state index is 0. The van der Waals surface area contributed by atoms with Crippen molar-refractivity contribution in [2.75, 3.05) is 0 Å². The van der Waals surface area contributed by atoms with Gasteiger partial charge in [-0.15, -0.1) is 26.2 Å². The van der Waals surface area contributed by atoms with E-state index in [0.717, 1.165) is 0 Å². The molecule has 0 aromatic rings. The van der Waals surface area contributed by atoms with Gasteiger partial charge in [0, 0.05) is 0 Å². The van der Waals surface area contributed by atoms with Gasteiger partial charge in [0.1, 0.15) is 0 Å². The molecule has 0 aliphatic carbocycles. The highest BCUT2D eigenvalue weighted by Crippen LogP contribution is 2.24. The van der Waals surface area contributed by atoms with E-state index >= 15 is 0 Å². The molecule has 0 fully saturated rings. The first-order chi connectivity index (χ1) is 10.1. The maximum atomic E-state index is 2.96. The molecule has 0 aliphatic rings. The van der Waals surface area contributed by atoms with Gasteiger partial charge in [-0.3, -0.25) is 0 Å². The molecule has 0 rings (SSSR count). The summed E-state index contributed by atoms with van der Waals surface area (Å²) in [6.07, 6.45) is 23.2. The van der Waals surface area contributed by atoms with E-state index in [1.165, 1.54) is 103 Å². The van der Waals surface area contributed by atoms with Crippen LogP contribution in [0.15, 0.2) is 0 Å². The zero-order chi connectivity index (χ0) is 15.8. The van der Waals surface area contributed by atoms with E-state index < -0.39 is 0 Å². The summed E-state index contributed by atoms with van der Waals surface area (Å²) in [6.45, 7) is 6.94. The molecule has 0 spiro atoms. The van der Waals surface area contributed by atoms with Gasteiger partial charge >= 0.3 is 0 Å². The summed E-state index contributed by atoms with van der Waals surface area (Å²) in [7, 11) is 2.96. The first-order valence-corrected chi connectivity index (χ1v) is 10.4. The van der Waals surface area contributed by atoms with E-state index in [0.29, 0.717) is 5.16 Å². The lowest BCUT2D eigenvalue weighted by atomic mass is 10.0. The van der Waals surface area contributed by atoms with Crippen LogP contribution < -0.4 is 0 Å². The number of hydrogen-bond acceptors (Lipinski definition) is 0. The number of hydrogen-bond donors (Lipinski definition) is 0. The average molecular weight is 395 g/mol. The zero-order valence-corrected chi connectivity index (χ0v) is 18.7. The second kappa shape index (κ2) is 18.3. The number of unbranched alkanes of at least 4 members (excludes halogenated alkanes) is 14. The van der Waals surface area contributed by atoms with Crippen LogP contribution >= 0.6 is 26.2 Å². The third-order valence-electron chi connectivity index (χ3n) is 4.42. The maximum Gasteiger partial charge on any atom is -0.0207 e. The highest BCUT2D eigenvalue weighted by atomic mass is 79.9. The molecule has 0 saturated heterocycles. The van der Waals surface area contributed by atoms with Gasteiger partial charge < -0.3 is 0 Å². The van der Waals surface area contributed by atoms with Gasteiger partial charge in [0.15, 0.2) is 0 Å². The Morgan fingerprint density at radius 3 is 1.09 bits per heavy atom.